The third-order valence-electron chi connectivity index (χ3n) is 3.68. The van der Waals surface area contributed by atoms with Gasteiger partial charge < -0.3 is 20.1 Å². The van der Waals surface area contributed by atoms with Crippen molar-refractivity contribution in [1.82, 2.24) is 5.32 Å². The number of hydrogen-bond donors (Lipinski definition) is 2. The predicted octanol–water partition coefficient (Wildman–Crippen LogP) is 4.45. The Morgan fingerprint density at radius 3 is 2.65 bits per heavy atom. The average Bonchev–Trinajstić information content (AvgIpc) is 2.86. The molecule has 3 rings (SSSR count). The van der Waals surface area contributed by atoms with Gasteiger partial charge in [-0.15, -0.1) is 24.0 Å². The molecule has 26 heavy (non-hydrogen) atoms. The van der Waals surface area contributed by atoms with E-state index in [-0.39, 0.29) is 29.0 Å². The first-order valence-corrected chi connectivity index (χ1v) is 8.35. The van der Waals surface area contributed by atoms with E-state index in [1.165, 1.54) is 6.07 Å². The highest BCUT2D eigenvalue weighted by atomic mass is 127. The van der Waals surface area contributed by atoms with Crippen LogP contribution in [0.1, 0.15) is 12.0 Å². The summed E-state index contributed by atoms with van der Waals surface area (Å²) in [6.45, 7) is 1.75. The summed E-state index contributed by atoms with van der Waals surface area (Å²) < 4.78 is 24.5. The zero-order valence-corrected chi connectivity index (χ0v) is 17.3. The van der Waals surface area contributed by atoms with Gasteiger partial charge in [-0.05, 0) is 29.8 Å². The quantitative estimate of drug-likeness (QED) is 0.379. The number of aliphatic imine (C=N–C) groups is 1. The van der Waals surface area contributed by atoms with Crippen molar-refractivity contribution in [1.29, 1.82) is 0 Å². The molecule has 0 aromatic heterocycles. The van der Waals surface area contributed by atoms with Crippen LogP contribution in [0.4, 0.5) is 10.1 Å². The van der Waals surface area contributed by atoms with Crippen molar-refractivity contribution in [3.05, 3.63) is 52.8 Å². The fraction of sp³-hybridized carbons (Fsp3) is 0.278. The molecule has 2 aromatic carbocycles. The van der Waals surface area contributed by atoms with E-state index in [4.69, 9.17) is 21.1 Å². The van der Waals surface area contributed by atoms with Crippen LogP contribution < -0.4 is 20.1 Å². The molecule has 0 spiro atoms. The van der Waals surface area contributed by atoms with E-state index in [1.807, 2.05) is 18.2 Å². The maximum Gasteiger partial charge on any atom is 0.195 e. The Hall–Kier alpha value is -1.74. The van der Waals surface area contributed by atoms with Gasteiger partial charge in [0.1, 0.15) is 5.82 Å². The molecule has 8 heteroatoms. The van der Waals surface area contributed by atoms with Crippen LogP contribution in [0.5, 0.6) is 11.5 Å². The molecule has 1 aliphatic rings. The smallest absolute Gasteiger partial charge is 0.195 e. The van der Waals surface area contributed by atoms with Crippen LogP contribution in [-0.2, 0) is 6.54 Å². The van der Waals surface area contributed by atoms with Crippen molar-refractivity contribution < 1.29 is 13.9 Å². The zero-order chi connectivity index (χ0) is 17.6. The second-order valence-corrected chi connectivity index (χ2v) is 5.92. The number of nitrogens with zero attached hydrogens (tertiary/aromatic N) is 1. The fourth-order valence-electron chi connectivity index (χ4n) is 2.39. The molecule has 2 N–H and O–H groups in total. The van der Waals surface area contributed by atoms with Gasteiger partial charge in [-0.1, -0.05) is 17.7 Å². The van der Waals surface area contributed by atoms with Crippen molar-refractivity contribution in [3.8, 4) is 11.5 Å². The molecule has 0 bridgehead atoms. The number of nitrogens with one attached hydrogen (secondary N) is 2. The van der Waals surface area contributed by atoms with Crippen molar-refractivity contribution in [2.45, 2.75) is 13.0 Å². The molecule has 0 fully saturated rings. The van der Waals surface area contributed by atoms with Crippen LogP contribution in [0, 0.1) is 5.82 Å². The summed E-state index contributed by atoms with van der Waals surface area (Å²) in [5, 5.41) is 6.45. The lowest BCUT2D eigenvalue weighted by atomic mass is 10.2. The first kappa shape index (κ1) is 20.6. The normalized spacial score (nSPS) is 13.4. The number of halogens is 3. The zero-order valence-electron chi connectivity index (χ0n) is 14.2. The standard InChI is InChI=1S/C18H19ClFN3O2.HI/c1-21-18(22-11-12-3-5-15(20)14(19)9-12)23-13-4-6-16-17(10-13)25-8-2-7-24-16;/h3-6,9-10H,2,7-8,11H2,1H3,(H2,21,22,23);1H. The second kappa shape index (κ2) is 9.82. The molecule has 0 saturated carbocycles. The van der Waals surface area contributed by atoms with E-state index < -0.39 is 5.82 Å². The summed E-state index contributed by atoms with van der Waals surface area (Å²) in [5.74, 6) is 1.60. The summed E-state index contributed by atoms with van der Waals surface area (Å²) >= 11 is 5.80. The average molecular weight is 492 g/mol. The van der Waals surface area contributed by atoms with Crippen molar-refractivity contribution >= 4 is 47.2 Å². The summed E-state index contributed by atoms with van der Waals surface area (Å²) in [5.41, 5.74) is 1.68. The molecule has 0 radical (unpaired) electrons. The lowest BCUT2D eigenvalue weighted by Gasteiger charge is -2.14. The summed E-state index contributed by atoms with van der Waals surface area (Å²) in [4.78, 5) is 4.18. The molecule has 0 amide bonds. The Morgan fingerprint density at radius 1 is 1.15 bits per heavy atom. The fourth-order valence-corrected chi connectivity index (χ4v) is 2.60. The van der Waals surface area contributed by atoms with Crippen molar-refractivity contribution in [3.63, 3.8) is 0 Å². The number of ether oxygens (including phenoxy) is 2. The Morgan fingerprint density at radius 2 is 1.92 bits per heavy atom. The van der Waals surface area contributed by atoms with Gasteiger partial charge >= 0.3 is 0 Å². The topological polar surface area (TPSA) is 54.9 Å². The van der Waals surface area contributed by atoms with E-state index in [2.05, 4.69) is 15.6 Å². The predicted molar refractivity (Wildman–Crippen MR) is 113 cm³/mol. The SMILES string of the molecule is CN=C(NCc1ccc(F)c(Cl)c1)Nc1ccc2c(c1)OCCCO2.I. The van der Waals surface area contributed by atoms with Crippen LogP contribution in [-0.4, -0.2) is 26.2 Å². The van der Waals surface area contributed by atoms with Crippen LogP contribution in [0.15, 0.2) is 41.4 Å². The molecule has 0 aliphatic carbocycles. The first-order valence-electron chi connectivity index (χ1n) is 7.97. The van der Waals surface area contributed by atoms with E-state index in [0.717, 1.165) is 23.4 Å². The number of anilines is 1. The van der Waals surface area contributed by atoms with Gasteiger partial charge in [0.25, 0.3) is 0 Å². The van der Waals surface area contributed by atoms with Gasteiger partial charge in [-0.3, -0.25) is 4.99 Å². The lowest BCUT2D eigenvalue weighted by molar-refractivity contribution is 0.297. The number of fused-ring (bicyclic) bond motifs is 1. The maximum absolute atomic E-state index is 13.2. The number of guanidine groups is 1. The summed E-state index contributed by atoms with van der Waals surface area (Å²) in [7, 11) is 1.68. The van der Waals surface area contributed by atoms with Gasteiger partial charge in [0.2, 0.25) is 0 Å². The van der Waals surface area contributed by atoms with E-state index in [0.29, 0.717) is 31.5 Å². The molecule has 5 nitrogen and oxygen atoms in total. The molecule has 0 saturated heterocycles. The molecular weight excluding hydrogens is 472 g/mol. The van der Waals surface area contributed by atoms with Crippen molar-refractivity contribution in [2.75, 3.05) is 25.6 Å². The third-order valence-corrected chi connectivity index (χ3v) is 3.97. The van der Waals surface area contributed by atoms with Crippen LogP contribution in [0.25, 0.3) is 0 Å². The summed E-state index contributed by atoms with van der Waals surface area (Å²) in [6.07, 6.45) is 0.862. The number of rotatable bonds is 3. The Labute approximate surface area is 174 Å². The van der Waals surface area contributed by atoms with Crippen molar-refractivity contribution in [2.24, 2.45) is 4.99 Å². The van der Waals surface area contributed by atoms with E-state index in [1.54, 1.807) is 19.2 Å². The molecule has 0 atom stereocenters. The van der Waals surface area contributed by atoms with E-state index in [9.17, 15) is 4.39 Å². The molecule has 1 heterocycles. The Bertz CT molecular complexity index is 789. The van der Waals surface area contributed by atoms with Crippen LogP contribution in [0.3, 0.4) is 0 Å². The second-order valence-electron chi connectivity index (χ2n) is 5.51. The third kappa shape index (κ3) is 5.38. The highest BCUT2D eigenvalue weighted by Gasteiger charge is 2.11. The van der Waals surface area contributed by atoms with E-state index >= 15 is 0 Å². The molecular formula is C18H20ClFIN3O2. The monoisotopic (exact) mass is 491 g/mol. The summed E-state index contributed by atoms with van der Waals surface area (Å²) in [6, 6.07) is 10.3. The highest BCUT2D eigenvalue weighted by Crippen LogP contribution is 2.32. The molecule has 140 valence electrons. The number of hydrogen-bond acceptors (Lipinski definition) is 3. The maximum atomic E-state index is 13.2. The Balaban J connectivity index is 0.00000243. The molecule has 1 aliphatic heterocycles. The highest BCUT2D eigenvalue weighted by molar-refractivity contribution is 14.0. The van der Waals surface area contributed by atoms with Gasteiger partial charge in [0.15, 0.2) is 17.5 Å². The van der Waals surface area contributed by atoms with Crippen LogP contribution in [0.2, 0.25) is 5.02 Å². The van der Waals surface area contributed by atoms with Crippen LogP contribution >= 0.6 is 35.6 Å². The Kier molecular flexibility index (Phi) is 7.77. The van der Waals surface area contributed by atoms with Gasteiger partial charge in [-0.25, -0.2) is 4.39 Å². The molecule has 2 aromatic rings. The number of benzene rings is 2. The van der Waals surface area contributed by atoms with Gasteiger partial charge in [0, 0.05) is 31.8 Å². The minimum atomic E-state index is -0.430. The van der Waals surface area contributed by atoms with Gasteiger partial charge in [-0.2, -0.15) is 0 Å². The lowest BCUT2D eigenvalue weighted by Crippen LogP contribution is -2.30. The first-order chi connectivity index (χ1) is 12.2. The van der Waals surface area contributed by atoms with Gasteiger partial charge in [0.05, 0.1) is 18.2 Å². The largest absolute Gasteiger partial charge is 0.490 e. The molecule has 0 unspecified atom stereocenters. The minimum Gasteiger partial charge on any atom is -0.490 e. The minimum absolute atomic E-state index is 0.